The third-order valence-corrected chi connectivity index (χ3v) is 5.27. The number of hydrogen-bond donors (Lipinski definition) is 0. The molecule has 0 N–H and O–H groups in total. The zero-order chi connectivity index (χ0) is 14.6. The average Bonchev–Trinajstić information content (AvgIpc) is 2.46. The summed E-state index contributed by atoms with van der Waals surface area (Å²) in [6, 6.07) is 15.8. The minimum Gasteiger partial charge on any atom is -0.263 e. The number of nitrogens with zero attached hydrogens (tertiary/aromatic N) is 1. The van der Waals surface area contributed by atoms with Gasteiger partial charge in [-0.25, -0.2) is 8.42 Å². The first-order valence-corrected chi connectivity index (χ1v) is 8.52. The van der Waals surface area contributed by atoms with E-state index in [9.17, 15) is 8.42 Å². The zero-order valence-electron chi connectivity index (χ0n) is 10.7. The maximum absolute atomic E-state index is 12.7. The highest BCUT2D eigenvalue weighted by Gasteiger charge is 2.23. The molecule has 0 unspecified atom stereocenters. The van der Waals surface area contributed by atoms with Gasteiger partial charge in [0.2, 0.25) is 0 Å². The Morgan fingerprint density at radius 3 is 2.20 bits per heavy atom. The Kier molecular flexibility index (Phi) is 4.82. The van der Waals surface area contributed by atoms with E-state index in [2.05, 4.69) is 29.2 Å². The molecule has 0 saturated carbocycles. The zero-order valence-corrected chi connectivity index (χ0v) is 13.7. The van der Waals surface area contributed by atoms with E-state index in [-0.39, 0.29) is 11.4 Å². The fourth-order valence-corrected chi connectivity index (χ4v) is 3.58. The summed E-state index contributed by atoms with van der Waals surface area (Å²) in [7, 11) is -3.57. The molecule has 0 fully saturated rings. The SMILES string of the molecule is C=CCN(c1ccccc1)S(=O)(=O)c1ccc(I)cc1. The number of benzene rings is 2. The van der Waals surface area contributed by atoms with Crippen molar-refractivity contribution in [3.8, 4) is 0 Å². The van der Waals surface area contributed by atoms with E-state index in [1.165, 1.54) is 4.31 Å². The maximum atomic E-state index is 12.7. The van der Waals surface area contributed by atoms with Gasteiger partial charge in [0.25, 0.3) is 10.0 Å². The smallest absolute Gasteiger partial charge is 0.263 e. The average molecular weight is 399 g/mol. The molecule has 0 spiro atoms. The molecule has 0 bridgehead atoms. The largest absolute Gasteiger partial charge is 0.264 e. The first-order chi connectivity index (χ1) is 9.55. The van der Waals surface area contributed by atoms with Gasteiger partial charge in [0.1, 0.15) is 0 Å². The highest BCUT2D eigenvalue weighted by atomic mass is 127. The summed E-state index contributed by atoms with van der Waals surface area (Å²) in [6.45, 7) is 3.87. The summed E-state index contributed by atoms with van der Waals surface area (Å²) in [5, 5.41) is 0. The topological polar surface area (TPSA) is 37.4 Å². The van der Waals surface area contributed by atoms with E-state index in [1.807, 2.05) is 18.2 Å². The van der Waals surface area contributed by atoms with Crippen LogP contribution in [-0.2, 0) is 10.0 Å². The summed E-state index contributed by atoms with van der Waals surface area (Å²) in [4.78, 5) is 0.281. The number of hydrogen-bond acceptors (Lipinski definition) is 2. The van der Waals surface area contributed by atoms with E-state index < -0.39 is 10.0 Å². The number of para-hydroxylation sites is 1. The molecular formula is C15H14INO2S. The highest BCUT2D eigenvalue weighted by Crippen LogP contribution is 2.23. The Morgan fingerprint density at radius 2 is 1.65 bits per heavy atom. The van der Waals surface area contributed by atoms with Crippen molar-refractivity contribution in [1.82, 2.24) is 0 Å². The number of rotatable bonds is 5. The van der Waals surface area contributed by atoms with Crippen molar-refractivity contribution in [3.05, 3.63) is 70.8 Å². The van der Waals surface area contributed by atoms with Crippen LogP contribution in [0.15, 0.2) is 72.1 Å². The van der Waals surface area contributed by atoms with Crippen LogP contribution < -0.4 is 4.31 Å². The fraction of sp³-hybridized carbons (Fsp3) is 0.0667. The van der Waals surface area contributed by atoms with E-state index >= 15 is 0 Å². The van der Waals surface area contributed by atoms with Crippen molar-refractivity contribution < 1.29 is 8.42 Å². The molecule has 0 aliphatic rings. The van der Waals surface area contributed by atoms with Crippen LogP contribution in [0.5, 0.6) is 0 Å². The van der Waals surface area contributed by atoms with Crippen molar-refractivity contribution in [2.24, 2.45) is 0 Å². The molecule has 2 rings (SSSR count). The molecule has 0 saturated heterocycles. The van der Waals surface area contributed by atoms with Crippen LogP contribution in [0.3, 0.4) is 0 Å². The maximum Gasteiger partial charge on any atom is 0.264 e. The molecular weight excluding hydrogens is 385 g/mol. The Morgan fingerprint density at radius 1 is 1.05 bits per heavy atom. The Hall–Kier alpha value is -1.34. The molecule has 2 aromatic carbocycles. The molecule has 2 aromatic rings. The van der Waals surface area contributed by atoms with Gasteiger partial charge in [-0.1, -0.05) is 24.3 Å². The van der Waals surface area contributed by atoms with Crippen molar-refractivity contribution in [1.29, 1.82) is 0 Å². The summed E-state index contributed by atoms with van der Waals surface area (Å²) in [5.74, 6) is 0. The highest BCUT2D eigenvalue weighted by molar-refractivity contribution is 14.1. The lowest BCUT2D eigenvalue weighted by Gasteiger charge is -2.23. The van der Waals surface area contributed by atoms with Crippen molar-refractivity contribution in [2.75, 3.05) is 10.8 Å². The monoisotopic (exact) mass is 399 g/mol. The molecule has 0 amide bonds. The van der Waals surface area contributed by atoms with Gasteiger partial charge in [-0.15, -0.1) is 6.58 Å². The lowest BCUT2D eigenvalue weighted by atomic mass is 10.3. The molecule has 3 nitrogen and oxygen atoms in total. The first kappa shape index (κ1) is 15.1. The van der Waals surface area contributed by atoms with Gasteiger partial charge in [-0.3, -0.25) is 4.31 Å². The third kappa shape index (κ3) is 3.21. The molecule has 20 heavy (non-hydrogen) atoms. The van der Waals surface area contributed by atoms with Gasteiger partial charge in [0.15, 0.2) is 0 Å². The van der Waals surface area contributed by atoms with Gasteiger partial charge in [0, 0.05) is 3.57 Å². The first-order valence-electron chi connectivity index (χ1n) is 6.00. The van der Waals surface area contributed by atoms with Gasteiger partial charge in [0.05, 0.1) is 17.1 Å². The minimum absolute atomic E-state index is 0.234. The van der Waals surface area contributed by atoms with Crippen LogP contribution in [0.4, 0.5) is 5.69 Å². The number of anilines is 1. The van der Waals surface area contributed by atoms with E-state index in [4.69, 9.17) is 0 Å². The minimum atomic E-state index is -3.57. The van der Waals surface area contributed by atoms with Crippen LogP contribution >= 0.6 is 22.6 Å². The summed E-state index contributed by atoms with van der Waals surface area (Å²) in [6.07, 6.45) is 1.58. The molecule has 0 aromatic heterocycles. The number of sulfonamides is 1. The second kappa shape index (κ2) is 6.41. The second-order valence-electron chi connectivity index (χ2n) is 4.11. The Balaban J connectivity index is 2.48. The molecule has 104 valence electrons. The lowest BCUT2D eigenvalue weighted by Crippen LogP contribution is -2.31. The summed E-state index contributed by atoms with van der Waals surface area (Å²) >= 11 is 2.15. The number of halogens is 1. The van der Waals surface area contributed by atoms with Crippen LogP contribution in [0.2, 0.25) is 0 Å². The van der Waals surface area contributed by atoms with Crippen LogP contribution in [-0.4, -0.2) is 15.0 Å². The summed E-state index contributed by atoms with van der Waals surface area (Å²) < 4.78 is 27.8. The van der Waals surface area contributed by atoms with E-state index in [0.717, 1.165) is 3.57 Å². The van der Waals surface area contributed by atoms with E-state index in [1.54, 1.807) is 42.5 Å². The van der Waals surface area contributed by atoms with Gasteiger partial charge >= 0.3 is 0 Å². The molecule has 0 aliphatic carbocycles. The molecule has 5 heteroatoms. The van der Waals surface area contributed by atoms with Gasteiger partial charge < -0.3 is 0 Å². The molecule has 0 atom stereocenters. The predicted molar refractivity (Wildman–Crippen MR) is 90.3 cm³/mol. The van der Waals surface area contributed by atoms with Crippen molar-refractivity contribution in [3.63, 3.8) is 0 Å². The molecule has 0 radical (unpaired) electrons. The molecule has 0 heterocycles. The van der Waals surface area contributed by atoms with Crippen molar-refractivity contribution >= 4 is 38.3 Å². The van der Waals surface area contributed by atoms with Gasteiger partial charge in [-0.05, 0) is 59.0 Å². The van der Waals surface area contributed by atoms with Crippen LogP contribution in [0.1, 0.15) is 0 Å². The second-order valence-corrected chi connectivity index (χ2v) is 7.22. The van der Waals surface area contributed by atoms with Crippen LogP contribution in [0, 0.1) is 3.57 Å². The van der Waals surface area contributed by atoms with Crippen molar-refractivity contribution in [2.45, 2.75) is 4.90 Å². The van der Waals surface area contributed by atoms with Gasteiger partial charge in [-0.2, -0.15) is 0 Å². The standard InChI is InChI=1S/C15H14INO2S/c1-2-12-17(14-6-4-3-5-7-14)20(18,19)15-10-8-13(16)9-11-15/h2-11H,1,12H2. The quantitative estimate of drug-likeness (QED) is 0.569. The Bertz CT molecular complexity index is 682. The Labute approximate surface area is 133 Å². The lowest BCUT2D eigenvalue weighted by molar-refractivity contribution is 0.593. The fourth-order valence-electron chi connectivity index (χ4n) is 1.79. The predicted octanol–water partition coefficient (Wildman–Crippen LogP) is 3.67. The third-order valence-electron chi connectivity index (χ3n) is 2.74. The van der Waals surface area contributed by atoms with E-state index in [0.29, 0.717) is 5.69 Å². The normalized spacial score (nSPS) is 11.1. The molecule has 0 aliphatic heterocycles. The van der Waals surface area contributed by atoms with Crippen LogP contribution in [0.25, 0.3) is 0 Å². The summed E-state index contributed by atoms with van der Waals surface area (Å²) in [5.41, 5.74) is 0.631.